The number of sulfonamides is 1. The summed E-state index contributed by atoms with van der Waals surface area (Å²) in [5, 5.41) is 2.32. The number of rotatable bonds is 4. The second-order valence-corrected chi connectivity index (χ2v) is 5.26. The van der Waals surface area contributed by atoms with Gasteiger partial charge in [0.2, 0.25) is 15.9 Å². The fourth-order valence-electron chi connectivity index (χ4n) is 1.23. The number of amides is 1. The van der Waals surface area contributed by atoms with Crippen LogP contribution in [0.5, 0.6) is 0 Å². The van der Waals surface area contributed by atoms with Crippen LogP contribution in [0.1, 0.15) is 5.56 Å². The molecule has 0 bridgehead atoms. The van der Waals surface area contributed by atoms with Crippen molar-refractivity contribution in [3.05, 3.63) is 23.8 Å². The van der Waals surface area contributed by atoms with Crippen LogP contribution in [0.3, 0.4) is 0 Å². The zero-order chi connectivity index (χ0) is 13.1. The second kappa shape index (κ2) is 5.15. The number of likely N-dealkylation sites (N-methyl/N-ethyl adjacent to an activating group) is 1. The van der Waals surface area contributed by atoms with Crippen LogP contribution in [0, 0.1) is 6.92 Å². The summed E-state index contributed by atoms with van der Waals surface area (Å²) in [5.41, 5.74) is 6.46. The van der Waals surface area contributed by atoms with Crippen molar-refractivity contribution in [3.63, 3.8) is 0 Å². The number of nitrogen functional groups attached to an aromatic ring is 1. The summed E-state index contributed by atoms with van der Waals surface area (Å²) in [6, 6.07) is 4.60. The van der Waals surface area contributed by atoms with Crippen molar-refractivity contribution in [2.75, 3.05) is 19.3 Å². The lowest BCUT2D eigenvalue weighted by Gasteiger charge is -2.09. The van der Waals surface area contributed by atoms with E-state index in [1.54, 1.807) is 19.1 Å². The lowest BCUT2D eigenvalue weighted by molar-refractivity contribution is -0.119. The Morgan fingerprint density at radius 3 is 2.65 bits per heavy atom. The first-order chi connectivity index (χ1) is 7.86. The molecule has 0 saturated carbocycles. The van der Waals surface area contributed by atoms with Crippen molar-refractivity contribution < 1.29 is 13.2 Å². The lowest BCUT2D eigenvalue weighted by Crippen LogP contribution is -2.35. The monoisotopic (exact) mass is 257 g/mol. The van der Waals surface area contributed by atoms with Crippen molar-refractivity contribution >= 4 is 21.6 Å². The predicted molar refractivity (Wildman–Crippen MR) is 64.8 cm³/mol. The minimum atomic E-state index is -3.71. The molecule has 0 aliphatic heterocycles. The van der Waals surface area contributed by atoms with E-state index in [1.165, 1.54) is 13.1 Å². The maximum atomic E-state index is 11.9. The number of aryl methyl sites for hydroxylation is 1. The van der Waals surface area contributed by atoms with Crippen LogP contribution in [0.4, 0.5) is 5.69 Å². The average Bonchev–Trinajstić information content (AvgIpc) is 2.29. The molecule has 7 heteroatoms. The Bertz CT molecular complexity index is 526. The molecule has 0 aromatic heterocycles. The fourth-order valence-corrected chi connectivity index (χ4v) is 2.49. The van der Waals surface area contributed by atoms with Gasteiger partial charge in [0, 0.05) is 12.7 Å². The van der Waals surface area contributed by atoms with Crippen LogP contribution in [0.15, 0.2) is 23.1 Å². The molecule has 0 aliphatic rings. The molecule has 94 valence electrons. The van der Waals surface area contributed by atoms with E-state index in [9.17, 15) is 13.2 Å². The number of carbonyl (C=O) groups is 1. The number of hydrogen-bond acceptors (Lipinski definition) is 4. The van der Waals surface area contributed by atoms with E-state index in [0.29, 0.717) is 11.3 Å². The third-order valence-corrected chi connectivity index (χ3v) is 3.75. The van der Waals surface area contributed by atoms with E-state index < -0.39 is 15.9 Å². The number of benzene rings is 1. The van der Waals surface area contributed by atoms with Crippen molar-refractivity contribution in [2.45, 2.75) is 11.8 Å². The minimum Gasteiger partial charge on any atom is -0.399 e. The molecule has 0 heterocycles. The Morgan fingerprint density at radius 2 is 2.06 bits per heavy atom. The normalized spacial score (nSPS) is 11.2. The number of nitrogens with one attached hydrogen (secondary N) is 2. The van der Waals surface area contributed by atoms with Gasteiger partial charge >= 0.3 is 0 Å². The van der Waals surface area contributed by atoms with Gasteiger partial charge in [0.1, 0.15) is 0 Å². The maximum absolute atomic E-state index is 11.9. The largest absolute Gasteiger partial charge is 0.399 e. The summed E-state index contributed by atoms with van der Waals surface area (Å²) >= 11 is 0. The summed E-state index contributed by atoms with van der Waals surface area (Å²) < 4.78 is 26.0. The molecular formula is C10H15N3O3S. The Morgan fingerprint density at radius 1 is 1.41 bits per heavy atom. The standard InChI is InChI=1S/C10H15N3O3S/c1-7-3-4-8(11)5-9(7)17(15,16)13-6-10(14)12-2/h3-5,13H,6,11H2,1-2H3,(H,12,14). The van der Waals surface area contributed by atoms with Gasteiger partial charge in [0.15, 0.2) is 0 Å². The van der Waals surface area contributed by atoms with E-state index in [0.717, 1.165) is 0 Å². The summed E-state index contributed by atoms with van der Waals surface area (Å²) in [6.45, 7) is 1.36. The van der Waals surface area contributed by atoms with Gasteiger partial charge in [-0.15, -0.1) is 0 Å². The highest BCUT2D eigenvalue weighted by molar-refractivity contribution is 7.89. The highest BCUT2D eigenvalue weighted by atomic mass is 32.2. The summed E-state index contributed by atoms with van der Waals surface area (Å²) in [4.78, 5) is 11.1. The Balaban J connectivity index is 2.97. The van der Waals surface area contributed by atoms with Gasteiger partial charge in [-0.25, -0.2) is 13.1 Å². The zero-order valence-corrected chi connectivity index (χ0v) is 10.5. The van der Waals surface area contributed by atoms with Gasteiger partial charge in [-0.05, 0) is 24.6 Å². The molecule has 1 aromatic rings. The molecule has 0 spiro atoms. The smallest absolute Gasteiger partial charge is 0.241 e. The molecule has 17 heavy (non-hydrogen) atoms. The molecule has 0 atom stereocenters. The van der Waals surface area contributed by atoms with E-state index in [1.807, 2.05) is 0 Å². The van der Waals surface area contributed by atoms with Crippen molar-refractivity contribution in [1.29, 1.82) is 0 Å². The van der Waals surface area contributed by atoms with Crippen molar-refractivity contribution in [2.24, 2.45) is 0 Å². The second-order valence-electron chi connectivity index (χ2n) is 3.52. The van der Waals surface area contributed by atoms with Gasteiger partial charge in [-0.3, -0.25) is 4.79 Å². The highest BCUT2D eigenvalue weighted by Gasteiger charge is 2.17. The van der Waals surface area contributed by atoms with E-state index in [2.05, 4.69) is 10.0 Å². The molecule has 1 aromatic carbocycles. The van der Waals surface area contributed by atoms with Crippen LogP contribution in [0.2, 0.25) is 0 Å². The molecule has 0 aliphatic carbocycles. The first-order valence-electron chi connectivity index (χ1n) is 4.93. The Labute approximate surface area is 100 Å². The topological polar surface area (TPSA) is 101 Å². The molecule has 1 rings (SSSR count). The van der Waals surface area contributed by atoms with Crippen molar-refractivity contribution in [3.8, 4) is 0 Å². The molecule has 0 saturated heterocycles. The van der Waals surface area contributed by atoms with Gasteiger partial charge in [-0.2, -0.15) is 0 Å². The molecule has 0 unspecified atom stereocenters. The van der Waals surface area contributed by atoms with Crippen LogP contribution in [-0.2, 0) is 14.8 Å². The highest BCUT2D eigenvalue weighted by Crippen LogP contribution is 2.17. The van der Waals surface area contributed by atoms with Crippen LogP contribution in [0.25, 0.3) is 0 Å². The zero-order valence-electron chi connectivity index (χ0n) is 9.65. The number of carbonyl (C=O) groups excluding carboxylic acids is 1. The van der Waals surface area contributed by atoms with Crippen LogP contribution in [-0.4, -0.2) is 27.9 Å². The maximum Gasteiger partial charge on any atom is 0.241 e. The van der Waals surface area contributed by atoms with E-state index in [-0.39, 0.29) is 11.4 Å². The van der Waals surface area contributed by atoms with Crippen LogP contribution < -0.4 is 15.8 Å². The first-order valence-corrected chi connectivity index (χ1v) is 6.41. The molecule has 0 fully saturated rings. The minimum absolute atomic E-state index is 0.0846. The number of nitrogens with two attached hydrogens (primary N) is 1. The number of anilines is 1. The summed E-state index contributed by atoms with van der Waals surface area (Å²) in [6.07, 6.45) is 0. The third kappa shape index (κ3) is 3.43. The third-order valence-electron chi connectivity index (χ3n) is 2.20. The lowest BCUT2D eigenvalue weighted by atomic mass is 10.2. The quantitative estimate of drug-likeness (QED) is 0.639. The Hall–Kier alpha value is -1.60. The first kappa shape index (κ1) is 13.5. The fraction of sp³-hybridized carbons (Fsp3) is 0.300. The average molecular weight is 257 g/mol. The van der Waals surface area contributed by atoms with Gasteiger partial charge in [0.25, 0.3) is 0 Å². The summed E-state index contributed by atoms with van der Waals surface area (Å²) in [7, 11) is -2.28. The Kier molecular flexibility index (Phi) is 4.08. The SMILES string of the molecule is CNC(=O)CNS(=O)(=O)c1cc(N)ccc1C. The van der Waals surface area contributed by atoms with Gasteiger partial charge in [-0.1, -0.05) is 6.07 Å². The van der Waals surface area contributed by atoms with Gasteiger partial charge in [0.05, 0.1) is 11.4 Å². The summed E-state index contributed by atoms with van der Waals surface area (Å²) in [5.74, 6) is -0.407. The van der Waals surface area contributed by atoms with E-state index in [4.69, 9.17) is 5.73 Å². The number of hydrogen-bond donors (Lipinski definition) is 3. The predicted octanol–water partition coefficient (Wildman–Crippen LogP) is -0.398. The van der Waals surface area contributed by atoms with Gasteiger partial charge < -0.3 is 11.1 Å². The van der Waals surface area contributed by atoms with E-state index >= 15 is 0 Å². The van der Waals surface area contributed by atoms with Crippen molar-refractivity contribution in [1.82, 2.24) is 10.0 Å². The molecule has 1 amide bonds. The molecule has 0 radical (unpaired) electrons. The molecule has 4 N–H and O–H groups in total. The van der Waals surface area contributed by atoms with Crippen LogP contribution >= 0.6 is 0 Å². The molecule has 6 nitrogen and oxygen atoms in total. The molecular weight excluding hydrogens is 242 g/mol.